The van der Waals surface area contributed by atoms with E-state index in [2.05, 4.69) is 18.1 Å². The Morgan fingerprint density at radius 3 is 2.05 bits per heavy atom. The van der Waals surface area contributed by atoms with Crippen LogP contribution in [0.2, 0.25) is 0 Å². The predicted molar refractivity (Wildman–Crippen MR) is 107 cm³/mol. The monoisotopic (exact) mass is 373 g/mol. The largest absolute Gasteiger partial charge is 0.508 e. The summed E-state index contributed by atoms with van der Waals surface area (Å²) in [6.45, 7) is 0. The van der Waals surface area contributed by atoms with Gasteiger partial charge in [0.25, 0.3) is 0 Å². The molecular formula is C14H16NOPS4. The zero-order valence-electron chi connectivity index (χ0n) is 11.4. The molecule has 0 fully saturated rings. The molecule has 21 heavy (non-hydrogen) atoms. The maximum Gasteiger partial charge on any atom is 0.115 e. The Labute approximate surface area is 144 Å². The van der Waals surface area contributed by atoms with Gasteiger partial charge in [-0.25, -0.2) is 0 Å². The molecule has 0 saturated heterocycles. The van der Waals surface area contributed by atoms with Crippen molar-refractivity contribution >= 4 is 68.1 Å². The molecule has 3 N–H and O–H groups in total. The molecule has 0 spiro atoms. The first-order valence-corrected chi connectivity index (χ1v) is 12.5. The molecule has 1 atom stereocenters. The van der Waals surface area contributed by atoms with E-state index in [0.29, 0.717) is 0 Å². The molecule has 0 aromatic heterocycles. The van der Waals surface area contributed by atoms with E-state index >= 15 is 0 Å². The lowest BCUT2D eigenvalue weighted by molar-refractivity contribution is 0.475. The highest BCUT2D eigenvalue weighted by Gasteiger charge is 2.20. The minimum absolute atomic E-state index is 0.267. The van der Waals surface area contributed by atoms with Crippen molar-refractivity contribution in [2.75, 3.05) is 12.0 Å². The van der Waals surface area contributed by atoms with Crippen molar-refractivity contribution in [2.24, 2.45) is 0 Å². The van der Waals surface area contributed by atoms with Crippen molar-refractivity contribution in [2.45, 2.75) is 4.90 Å². The number of hydrogen-bond acceptors (Lipinski definition) is 6. The molecular weight excluding hydrogens is 357 g/mol. The number of nitrogens with two attached hydrogens (primary N) is 1. The van der Waals surface area contributed by atoms with Gasteiger partial charge in [-0.1, -0.05) is 35.4 Å². The van der Waals surface area contributed by atoms with E-state index < -0.39 is 4.44 Å². The van der Waals surface area contributed by atoms with Gasteiger partial charge in [0.1, 0.15) is 5.75 Å². The van der Waals surface area contributed by atoms with Crippen molar-refractivity contribution in [3.8, 4) is 5.75 Å². The van der Waals surface area contributed by atoms with Gasteiger partial charge >= 0.3 is 0 Å². The van der Waals surface area contributed by atoms with Crippen molar-refractivity contribution < 1.29 is 5.11 Å². The van der Waals surface area contributed by atoms with Gasteiger partial charge in [0.15, 0.2) is 0 Å². The van der Waals surface area contributed by atoms with Gasteiger partial charge in [0.05, 0.1) is 4.44 Å². The first kappa shape index (κ1) is 18.5. The van der Waals surface area contributed by atoms with E-state index in [4.69, 9.17) is 17.5 Å². The lowest BCUT2D eigenvalue weighted by Gasteiger charge is -2.19. The van der Waals surface area contributed by atoms with Gasteiger partial charge in [-0.05, 0) is 60.7 Å². The summed E-state index contributed by atoms with van der Waals surface area (Å²) in [5.41, 5.74) is 6.45. The zero-order chi connectivity index (χ0) is 15.9. The fourth-order valence-electron chi connectivity index (χ4n) is 1.50. The molecule has 0 amide bonds. The molecule has 7 heteroatoms. The minimum atomic E-state index is -1.79. The highest BCUT2D eigenvalue weighted by Crippen LogP contribution is 2.69. The number of phenolic OH excluding ortho intramolecular Hbond substituents is 1. The highest BCUT2D eigenvalue weighted by molar-refractivity contribution is 9.02. The maximum atomic E-state index is 9.37. The van der Waals surface area contributed by atoms with Crippen LogP contribution in [0.5, 0.6) is 5.75 Å². The smallest absolute Gasteiger partial charge is 0.115 e. The van der Waals surface area contributed by atoms with Crippen LogP contribution in [0.3, 0.4) is 0 Å². The lowest BCUT2D eigenvalue weighted by atomic mass is 10.3. The summed E-state index contributed by atoms with van der Waals surface area (Å²) < 4.78 is -1.79. The van der Waals surface area contributed by atoms with E-state index in [1.807, 2.05) is 42.7 Å². The highest BCUT2D eigenvalue weighted by atomic mass is 33.2. The fourth-order valence-corrected chi connectivity index (χ4v) is 8.62. The minimum Gasteiger partial charge on any atom is -0.508 e. The normalized spacial score (nSPS) is 12.8. The SMILES string of the molecule is C=S.CSP(=S)(Sc1ccc(N)cc1)c1ccc(O)cc1. The zero-order valence-corrected chi connectivity index (χ0v) is 15.6. The van der Waals surface area contributed by atoms with Gasteiger partial charge in [0.2, 0.25) is 0 Å². The van der Waals surface area contributed by atoms with E-state index in [0.717, 1.165) is 15.9 Å². The fraction of sp³-hybridized carbons (Fsp3) is 0.0714. The van der Waals surface area contributed by atoms with Crippen LogP contribution in [-0.2, 0) is 11.8 Å². The van der Waals surface area contributed by atoms with Gasteiger partial charge in [-0.15, -0.1) is 11.4 Å². The first-order valence-electron chi connectivity index (χ1n) is 5.83. The molecule has 0 aliphatic heterocycles. The number of rotatable bonds is 4. The molecule has 0 bridgehead atoms. The average Bonchev–Trinajstić information content (AvgIpc) is 2.52. The van der Waals surface area contributed by atoms with Crippen LogP contribution >= 0.6 is 39.4 Å². The number of phenols is 1. The topological polar surface area (TPSA) is 46.2 Å². The van der Waals surface area contributed by atoms with Crippen LogP contribution in [0.4, 0.5) is 5.69 Å². The number of anilines is 1. The second-order valence-corrected chi connectivity index (χ2v) is 15.0. The van der Waals surface area contributed by atoms with Crippen LogP contribution in [0.1, 0.15) is 0 Å². The van der Waals surface area contributed by atoms with Crippen molar-refractivity contribution in [3.05, 3.63) is 48.5 Å². The van der Waals surface area contributed by atoms with Crippen LogP contribution in [-0.4, -0.2) is 17.2 Å². The number of benzene rings is 2. The molecule has 0 radical (unpaired) electrons. The number of aromatic hydroxyl groups is 1. The molecule has 112 valence electrons. The third-order valence-corrected chi connectivity index (χ3v) is 13.4. The molecule has 2 aromatic rings. The lowest BCUT2D eigenvalue weighted by Crippen LogP contribution is -1.98. The molecule has 2 aromatic carbocycles. The summed E-state index contributed by atoms with van der Waals surface area (Å²) in [5, 5.41) is 10.5. The van der Waals surface area contributed by atoms with Crippen LogP contribution in [0.15, 0.2) is 53.4 Å². The standard InChI is InChI=1S/C13H14NOPS3.CH2S/c1-18-16(17,12-6-4-11(15)5-7-12)19-13-8-2-10(14)3-9-13;1-2/h2-9,15H,14H2,1H3;1H2. The first-order chi connectivity index (χ1) is 10.0. The van der Waals surface area contributed by atoms with Crippen molar-refractivity contribution in [1.82, 2.24) is 0 Å². The van der Waals surface area contributed by atoms with E-state index in [9.17, 15) is 5.11 Å². The number of thiocarbonyl (C=S) groups is 1. The molecule has 2 rings (SSSR count). The van der Waals surface area contributed by atoms with Gasteiger partial charge in [-0.2, -0.15) is 0 Å². The molecule has 1 unspecified atom stereocenters. The van der Waals surface area contributed by atoms with Gasteiger partial charge in [-0.3, -0.25) is 0 Å². The van der Waals surface area contributed by atoms with Crippen LogP contribution < -0.4 is 11.0 Å². The predicted octanol–water partition coefficient (Wildman–Crippen LogP) is 4.68. The van der Waals surface area contributed by atoms with Crippen molar-refractivity contribution in [3.63, 3.8) is 0 Å². The van der Waals surface area contributed by atoms with E-state index in [1.165, 1.54) is 0 Å². The molecule has 0 aliphatic rings. The summed E-state index contributed by atoms with van der Waals surface area (Å²) in [6, 6.07) is 15.0. The maximum absolute atomic E-state index is 9.37. The second kappa shape index (κ2) is 8.81. The Balaban J connectivity index is 0.00000106. The Morgan fingerprint density at radius 1 is 1.05 bits per heavy atom. The summed E-state index contributed by atoms with van der Waals surface area (Å²) in [5.74, 6) is 3.10. The Kier molecular flexibility index (Phi) is 7.77. The Bertz CT molecular complexity index is 616. The van der Waals surface area contributed by atoms with Crippen LogP contribution in [0, 0.1) is 0 Å². The second-order valence-electron chi connectivity index (χ2n) is 3.86. The van der Waals surface area contributed by atoms with E-state index in [-0.39, 0.29) is 5.75 Å². The van der Waals surface area contributed by atoms with Crippen molar-refractivity contribution in [1.29, 1.82) is 0 Å². The average molecular weight is 374 g/mol. The van der Waals surface area contributed by atoms with Crippen LogP contribution in [0.25, 0.3) is 0 Å². The third kappa shape index (κ3) is 5.31. The number of nitrogen functional groups attached to an aromatic ring is 1. The Morgan fingerprint density at radius 2 is 1.57 bits per heavy atom. The van der Waals surface area contributed by atoms with E-state index in [1.54, 1.807) is 34.9 Å². The molecule has 0 saturated carbocycles. The van der Waals surface area contributed by atoms with Gasteiger partial charge < -0.3 is 10.8 Å². The summed E-state index contributed by atoms with van der Waals surface area (Å²) in [7, 11) is 0. The quantitative estimate of drug-likeness (QED) is 0.461. The summed E-state index contributed by atoms with van der Waals surface area (Å²) in [6.07, 6.45) is 2.04. The summed E-state index contributed by atoms with van der Waals surface area (Å²) in [4.78, 5) is 1.12. The molecule has 2 nitrogen and oxygen atoms in total. The summed E-state index contributed by atoms with van der Waals surface area (Å²) >= 11 is 13.1. The molecule has 0 heterocycles. The Hall–Kier alpha value is -0.520. The van der Waals surface area contributed by atoms with Gasteiger partial charge in [0, 0.05) is 15.9 Å². The number of hydrogen-bond donors (Lipinski definition) is 2. The third-order valence-electron chi connectivity index (χ3n) is 2.51. The molecule has 0 aliphatic carbocycles.